The highest BCUT2D eigenvalue weighted by atomic mass is 16.1. The van der Waals surface area contributed by atoms with Gasteiger partial charge in [-0.15, -0.1) is 0 Å². The van der Waals surface area contributed by atoms with Crippen LogP contribution in [-0.4, -0.2) is 15.9 Å². The molecule has 0 atom stereocenters. The van der Waals surface area contributed by atoms with Crippen molar-refractivity contribution < 1.29 is 4.79 Å². The average Bonchev–Trinajstić information content (AvgIpc) is 2.79. The molecule has 100 valence electrons. The van der Waals surface area contributed by atoms with Crippen LogP contribution in [-0.2, 0) is 11.2 Å². The molecule has 1 amide bonds. The maximum absolute atomic E-state index is 11.9. The maximum Gasteiger partial charge on any atom is 0.323 e. The molecule has 0 spiro atoms. The number of benzene rings is 2. The van der Waals surface area contributed by atoms with Gasteiger partial charge in [0, 0.05) is 5.69 Å². The number of amides is 1. The van der Waals surface area contributed by atoms with Gasteiger partial charge in [-0.1, -0.05) is 30.3 Å². The zero-order valence-electron chi connectivity index (χ0n) is 10.6. The molecule has 3 rings (SSSR count). The van der Waals surface area contributed by atoms with Crippen molar-refractivity contribution in [2.75, 3.05) is 5.32 Å². The van der Waals surface area contributed by atoms with Crippen molar-refractivity contribution in [2.45, 2.75) is 6.42 Å². The number of anilines is 1. The van der Waals surface area contributed by atoms with Crippen LogP contribution < -0.4 is 11.0 Å². The molecule has 5 heteroatoms. The molecule has 0 saturated heterocycles. The summed E-state index contributed by atoms with van der Waals surface area (Å²) in [5.74, 6) is -0.0894. The SMILES string of the molecule is O=C(Cc1ccccc1)Nc1ccc2[nH]c(=O)[nH]c2c1. The van der Waals surface area contributed by atoms with Crippen LogP contribution in [0.5, 0.6) is 0 Å². The van der Waals surface area contributed by atoms with E-state index in [4.69, 9.17) is 0 Å². The molecule has 0 aliphatic rings. The molecule has 0 aliphatic heterocycles. The van der Waals surface area contributed by atoms with E-state index in [1.807, 2.05) is 30.3 Å². The smallest absolute Gasteiger partial charge is 0.323 e. The van der Waals surface area contributed by atoms with Crippen LogP contribution in [0.1, 0.15) is 5.56 Å². The first-order chi connectivity index (χ1) is 9.70. The molecule has 0 aliphatic carbocycles. The topological polar surface area (TPSA) is 77.8 Å². The highest BCUT2D eigenvalue weighted by Gasteiger charge is 2.05. The Kier molecular flexibility index (Phi) is 3.09. The van der Waals surface area contributed by atoms with Crippen LogP contribution in [0.4, 0.5) is 5.69 Å². The molecule has 20 heavy (non-hydrogen) atoms. The second-order valence-electron chi connectivity index (χ2n) is 4.55. The molecular formula is C15H13N3O2. The zero-order valence-corrected chi connectivity index (χ0v) is 10.6. The third-order valence-electron chi connectivity index (χ3n) is 3.01. The summed E-state index contributed by atoms with van der Waals surface area (Å²) in [4.78, 5) is 28.4. The average molecular weight is 267 g/mol. The summed E-state index contributed by atoms with van der Waals surface area (Å²) >= 11 is 0. The summed E-state index contributed by atoms with van der Waals surface area (Å²) in [6.45, 7) is 0. The van der Waals surface area contributed by atoms with Crippen LogP contribution >= 0.6 is 0 Å². The minimum atomic E-state index is -0.257. The highest BCUT2D eigenvalue weighted by Crippen LogP contribution is 2.14. The Morgan fingerprint density at radius 1 is 1.00 bits per heavy atom. The van der Waals surface area contributed by atoms with Crippen LogP contribution in [0.2, 0.25) is 0 Å². The molecule has 3 N–H and O–H groups in total. The van der Waals surface area contributed by atoms with E-state index >= 15 is 0 Å². The number of hydrogen-bond acceptors (Lipinski definition) is 2. The number of fused-ring (bicyclic) bond motifs is 1. The third kappa shape index (κ3) is 2.61. The first kappa shape index (κ1) is 12.2. The summed E-state index contributed by atoms with van der Waals surface area (Å²) in [7, 11) is 0. The minimum absolute atomic E-state index is 0.0894. The Morgan fingerprint density at radius 2 is 1.75 bits per heavy atom. The fourth-order valence-electron chi connectivity index (χ4n) is 2.10. The van der Waals surface area contributed by atoms with Crippen LogP contribution in [0.25, 0.3) is 11.0 Å². The van der Waals surface area contributed by atoms with Gasteiger partial charge in [0.1, 0.15) is 0 Å². The molecule has 0 saturated carbocycles. The van der Waals surface area contributed by atoms with Gasteiger partial charge in [0.05, 0.1) is 17.5 Å². The van der Waals surface area contributed by atoms with Crippen molar-refractivity contribution in [1.82, 2.24) is 9.97 Å². The Labute approximate surface area is 114 Å². The van der Waals surface area contributed by atoms with E-state index in [1.54, 1.807) is 18.2 Å². The number of imidazole rings is 1. The van der Waals surface area contributed by atoms with Crippen LogP contribution in [0.15, 0.2) is 53.3 Å². The molecular weight excluding hydrogens is 254 g/mol. The summed E-state index contributed by atoms with van der Waals surface area (Å²) in [5.41, 5.74) is 2.76. The maximum atomic E-state index is 11.9. The van der Waals surface area contributed by atoms with Gasteiger partial charge in [-0.05, 0) is 23.8 Å². The largest absolute Gasteiger partial charge is 0.326 e. The van der Waals surface area contributed by atoms with E-state index in [9.17, 15) is 9.59 Å². The van der Waals surface area contributed by atoms with E-state index in [1.165, 1.54) is 0 Å². The standard InChI is InChI=1S/C15H13N3O2/c19-14(8-10-4-2-1-3-5-10)16-11-6-7-12-13(9-11)18-15(20)17-12/h1-7,9H,8H2,(H,16,19)(H2,17,18,20). The summed E-state index contributed by atoms with van der Waals surface area (Å²) in [5, 5.41) is 2.82. The molecule has 0 radical (unpaired) electrons. The number of nitrogens with one attached hydrogen (secondary N) is 3. The van der Waals surface area contributed by atoms with E-state index in [2.05, 4.69) is 15.3 Å². The van der Waals surface area contributed by atoms with Crippen LogP contribution in [0.3, 0.4) is 0 Å². The first-order valence-electron chi connectivity index (χ1n) is 6.26. The number of hydrogen-bond donors (Lipinski definition) is 3. The second kappa shape index (κ2) is 5.05. The molecule has 0 fully saturated rings. The van der Waals surface area contributed by atoms with E-state index in [0.717, 1.165) is 11.1 Å². The summed E-state index contributed by atoms with van der Waals surface area (Å²) in [6, 6.07) is 14.8. The van der Waals surface area contributed by atoms with Crippen molar-refractivity contribution in [3.05, 3.63) is 64.6 Å². The van der Waals surface area contributed by atoms with Gasteiger partial charge in [-0.2, -0.15) is 0 Å². The third-order valence-corrected chi connectivity index (χ3v) is 3.01. The van der Waals surface area contributed by atoms with E-state index in [0.29, 0.717) is 17.6 Å². The Hall–Kier alpha value is -2.82. The van der Waals surface area contributed by atoms with Gasteiger partial charge in [-0.25, -0.2) is 4.79 Å². The Balaban J connectivity index is 1.75. The minimum Gasteiger partial charge on any atom is -0.326 e. The fourth-order valence-corrected chi connectivity index (χ4v) is 2.10. The predicted octanol–water partition coefficient (Wildman–Crippen LogP) is 2.04. The lowest BCUT2D eigenvalue weighted by Gasteiger charge is -2.05. The summed E-state index contributed by atoms with van der Waals surface area (Å²) < 4.78 is 0. The van der Waals surface area contributed by atoms with E-state index < -0.39 is 0 Å². The summed E-state index contributed by atoms with van der Waals surface area (Å²) in [6.07, 6.45) is 0.322. The lowest BCUT2D eigenvalue weighted by molar-refractivity contribution is -0.115. The van der Waals surface area contributed by atoms with Gasteiger partial charge < -0.3 is 15.3 Å². The quantitative estimate of drug-likeness (QED) is 0.679. The Morgan fingerprint density at radius 3 is 2.55 bits per heavy atom. The molecule has 0 unspecified atom stereocenters. The molecule has 2 aromatic carbocycles. The van der Waals surface area contributed by atoms with Crippen molar-refractivity contribution in [3.63, 3.8) is 0 Å². The monoisotopic (exact) mass is 267 g/mol. The van der Waals surface area contributed by atoms with E-state index in [-0.39, 0.29) is 11.6 Å². The van der Waals surface area contributed by atoms with Crippen LogP contribution in [0, 0.1) is 0 Å². The fraction of sp³-hybridized carbons (Fsp3) is 0.0667. The Bertz CT molecular complexity index is 803. The number of aromatic nitrogens is 2. The van der Waals surface area contributed by atoms with Crippen molar-refractivity contribution in [1.29, 1.82) is 0 Å². The molecule has 3 aromatic rings. The van der Waals surface area contributed by atoms with Gasteiger partial charge in [0.2, 0.25) is 5.91 Å². The van der Waals surface area contributed by atoms with Gasteiger partial charge in [0.15, 0.2) is 0 Å². The number of rotatable bonds is 3. The number of carbonyl (C=O) groups excluding carboxylic acids is 1. The van der Waals surface area contributed by atoms with Crippen molar-refractivity contribution in [3.8, 4) is 0 Å². The van der Waals surface area contributed by atoms with Gasteiger partial charge in [-0.3, -0.25) is 4.79 Å². The first-order valence-corrected chi connectivity index (χ1v) is 6.26. The number of H-pyrrole nitrogens is 2. The predicted molar refractivity (Wildman–Crippen MR) is 77.7 cm³/mol. The number of carbonyl (C=O) groups is 1. The molecule has 5 nitrogen and oxygen atoms in total. The number of aromatic amines is 2. The highest BCUT2D eigenvalue weighted by molar-refractivity contribution is 5.94. The second-order valence-corrected chi connectivity index (χ2v) is 4.55. The lowest BCUT2D eigenvalue weighted by atomic mass is 10.1. The lowest BCUT2D eigenvalue weighted by Crippen LogP contribution is -2.14. The van der Waals surface area contributed by atoms with Gasteiger partial charge in [0.25, 0.3) is 0 Å². The normalized spacial score (nSPS) is 10.6. The van der Waals surface area contributed by atoms with Crippen molar-refractivity contribution >= 4 is 22.6 Å². The van der Waals surface area contributed by atoms with Gasteiger partial charge >= 0.3 is 5.69 Å². The molecule has 1 heterocycles. The van der Waals surface area contributed by atoms with Crippen molar-refractivity contribution in [2.24, 2.45) is 0 Å². The molecule has 0 bridgehead atoms. The molecule has 1 aromatic heterocycles. The zero-order chi connectivity index (χ0) is 13.9.